The van der Waals surface area contributed by atoms with Crippen LogP contribution in [0.4, 0.5) is 11.5 Å². The minimum absolute atomic E-state index is 0.0388. The van der Waals surface area contributed by atoms with Gasteiger partial charge < -0.3 is 15.2 Å². The molecular formula is C11H10N4O5. The Hall–Kier alpha value is -2.73. The Morgan fingerprint density at radius 1 is 1.65 bits per heavy atom. The Morgan fingerprint density at radius 2 is 2.40 bits per heavy atom. The van der Waals surface area contributed by atoms with Crippen LogP contribution in [0.2, 0.25) is 0 Å². The van der Waals surface area contributed by atoms with E-state index in [0.717, 1.165) is 6.07 Å². The highest BCUT2D eigenvalue weighted by Crippen LogP contribution is 2.26. The maximum atomic E-state index is 11.0. The summed E-state index contributed by atoms with van der Waals surface area (Å²) >= 11 is 0. The minimum atomic E-state index is -1.05. The van der Waals surface area contributed by atoms with Crippen LogP contribution in [0.1, 0.15) is 5.56 Å². The molecule has 1 saturated heterocycles. The number of nitrogens with zero attached hydrogens (tertiary/aromatic N) is 3. The summed E-state index contributed by atoms with van der Waals surface area (Å²) < 4.78 is 5.06. The van der Waals surface area contributed by atoms with E-state index in [1.165, 1.54) is 6.20 Å². The van der Waals surface area contributed by atoms with Crippen molar-refractivity contribution >= 4 is 17.5 Å². The summed E-state index contributed by atoms with van der Waals surface area (Å²) in [5, 5.41) is 31.4. The lowest BCUT2D eigenvalue weighted by Crippen LogP contribution is -2.33. The van der Waals surface area contributed by atoms with Gasteiger partial charge in [-0.3, -0.25) is 14.9 Å². The molecule has 1 aromatic rings. The van der Waals surface area contributed by atoms with Gasteiger partial charge in [-0.05, 0) is 0 Å². The number of ether oxygens (including phenoxy) is 1. The van der Waals surface area contributed by atoms with Crippen LogP contribution in [0.3, 0.4) is 0 Å². The maximum Gasteiger partial charge on any atom is 0.312 e. The Morgan fingerprint density at radius 3 is 3.00 bits per heavy atom. The Kier molecular flexibility index (Phi) is 3.76. The minimum Gasteiger partial charge on any atom is -0.481 e. The van der Waals surface area contributed by atoms with Gasteiger partial charge in [0.05, 0.1) is 29.7 Å². The second-order valence-electron chi connectivity index (χ2n) is 4.19. The number of carbonyl (C=O) groups is 1. The topological polar surface area (TPSA) is 138 Å². The van der Waals surface area contributed by atoms with Gasteiger partial charge in [-0.1, -0.05) is 0 Å². The molecule has 9 nitrogen and oxygen atoms in total. The normalized spacial score (nSPS) is 21.1. The van der Waals surface area contributed by atoms with E-state index >= 15 is 0 Å². The molecule has 1 aromatic heterocycles. The van der Waals surface area contributed by atoms with Crippen molar-refractivity contribution in [3.8, 4) is 6.07 Å². The molecule has 0 spiro atoms. The predicted octanol–water partition coefficient (Wildman–Crippen LogP) is 0.373. The number of hydrogen-bond donors (Lipinski definition) is 2. The number of rotatable bonds is 4. The highest BCUT2D eigenvalue weighted by Gasteiger charge is 2.35. The lowest BCUT2D eigenvalue weighted by Gasteiger charge is -2.16. The van der Waals surface area contributed by atoms with E-state index in [2.05, 4.69) is 10.3 Å². The van der Waals surface area contributed by atoms with E-state index in [9.17, 15) is 14.9 Å². The highest BCUT2D eigenvalue weighted by atomic mass is 16.6. The molecule has 0 saturated carbocycles. The van der Waals surface area contributed by atoms with Gasteiger partial charge >= 0.3 is 11.7 Å². The molecular weight excluding hydrogens is 268 g/mol. The molecule has 2 N–H and O–H groups in total. The van der Waals surface area contributed by atoms with Gasteiger partial charge in [0.15, 0.2) is 0 Å². The number of carboxylic acid groups (broad SMARTS) is 1. The fraction of sp³-hybridized carbons (Fsp3) is 0.364. The van der Waals surface area contributed by atoms with Gasteiger partial charge in [-0.25, -0.2) is 4.98 Å². The van der Waals surface area contributed by atoms with Crippen molar-refractivity contribution in [2.75, 3.05) is 18.5 Å². The lowest BCUT2D eigenvalue weighted by atomic mass is 10.0. The summed E-state index contributed by atoms with van der Waals surface area (Å²) in [5.41, 5.74) is -0.320. The average Bonchev–Trinajstić information content (AvgIpc) is 2.87. The third-order valence-electron chi connectivity index (χ3n) is 2.91. The molecule has 0 radical (unpaired) electrons. The quantitative estimate of drug-likeness (QED) is 0.595. The molecule has 0 amide bonds. The largest absolute Gasteiger partial charge is 0.481 e. The van der Waals surface area contributed by atoms with Crippen LogP contribution in [0.15, 0.2) is 12.3 Å². The zero-order chi connectivity index (χ0) is 14.7. The van der Waals surface area contributed by atoms with Crippen LogP contribution >= 0.6 is 0 Å². The summed E-state index contributed by atoms with van der Waals surface area (Å²) in [6, 6.07) is 2.24. The number of aromatic nitrogens is 1. The zero-order valence-electron chi connectivity index (χ0n) is 10.1. The molecule has 1 aliphatic heterocycles. The number of nitrogens with one attached hydrogen (secondary N) is 1. The van der Waals surface area contributed by atoms with Crippen LogP contribution in [0.5, 0.6) is 0 Å². The van der Waals surface area contributed by atoms with E-state index in [-0.39, 0.29) is 30.3 Å². The first-order valence-corrected chi connectivity index (χ1v) is 5.64. The fourth-order valence-corrected chi connectivity index (χ4v) is 1.88. The van der Waals surface area contributed by atoms with E-state index in [1.54, 1.807) is 6.07 Å². The predicted molar refractivity (Wildman–Crippen MR) is 65.0 cm³/mol. The third kappa shape index (κ3) is 2.65. The zero-order valence-corrected chi connectivity index (χ0v) is 10.1. The first-order chi connectivity index (χ1) is 9.52. The molecule has 20 heavy (non-hydrogen) atoms. The molecule has 1 fully saturated rings. The molecule has 2 rings (SSSR count). The average molecular weight is 278 g/mol. The number of pyridine rings is 1. The number of nitriles is 1. The van der Waals surface area contributed by atoms with Crippen molar-refractivity contribution < 1.29 is 19.6 Å². The summed E-state index contributed by atoms with van der Waals surface area (Å²) in [4.78, 5) is 25.1. The molecule has 9 heteroatoms. The summed E-state index contributed by atoms with van der Waals surface area (Å²) in [7, 11) is 0. The lowest BCUT2D eigenvalue weighted by molar-refractivity contribution is -0.384. The maximum absolute atomic E-state index is 11.0. The SMILES string of the molecule is N#Cc1cnc(NC2COCC2C(=O)O)c([N+](=O)[O-])c1. The van der Waals surface area contributed by atoms with Crippen LogP contribution in [-0.2, 0) is 9.53 Å². The standard InChI is InChI=1S/C11H10N4O5/c12-2-6-1-9(15(18)19)10(13-3-6)14-8-5-20-4-7(8)11(16)17/h1,3,7-8H,4-5H2,(H,13,14)(H,16,17). The van der Waals surface area contributed by atoms with Gasteiger partial charge in [0.25, 0.3) is 0 Å². The number of carboxylic acids is 1. The van der Waals surface area contributed by atoms with Crippen molar-refractivity contribution in [3.63, 3.8) is 0 Å². The van der Waals surface area contributed by atoms with E-state index in [4.69, 9.17) is 15.1 Å². The van der Waals surface area contributed by atoms with Gasteiger partial charge in [0.1, 0.15) is 12.0 Å². The fourth-order valence-electron chi connectivity index (χ4n) is 1.88. The summed E-state index contributed by atoms with van der Waals surface area (Å²) in [5.74, 6) is -1.92. The molecule has 2 atom stereocenters. The number of hydrogen-bond acceptors (Lipinski definition) is 7. The Labute approximate surface area is 112 Å². The van der Waals surface area contributed by atoms with Crippen LogP contribution in [-0.4, -0.2) is 40.2 Å². The first-order valence-electron chi connectivity index (χ1n) is 5.64. The van der Waals surface area contributed by atoms with E-state index in [1.807, 2.05) is 0 Å². The second-order valence-corrected chi connectivity index (χ2v) is 4.19. The number of nitro groups is 1. The smallest absolute Gasteiger partial charge is 0.312 e. The highest BCUT2D eigenvalue weighted by molar-refractivity contribution is 5.72. The van der Waals surface area contributed by atoms with Gasteiger partial charge in [0, 0.05) is 12.3 Å². The van der Waals surface area contributed by atoms with Gasteiger partial charge in [-0.15, -0.1) is 0 Å². The number of aliphatic carboxylic acids is 1. The molecule has 1 aliphatic rings. The van der Waals surface area contributed by atoms with Gasteiger partial charge in [-0.2, -0.15) is 5.26 Å². The summed E-state index contributed by atoms with van der Waals surface area (Å²) in [6.45, 7) is 0.160. The molecule has 0 bridgehead atoms. The van der Waals surface area contributed by atoms with Crippen molar-refractivity contribution in [1.29, 1.82) is 5.26 Å². The monoisotopic (exact) mass is 278 g/mol. The van der Waals surface area contributed by atoms with Gasteiger partial charge in [0.2, 0.25) is 5.82 Å². The molecule has 0 aliphatic carbocycles. The third-order valence-corrected chi connectivity index (χ3v) is 2.91. The van der Waals surface area contributed by atoms with Crippen molar-refractivity contribution in [2.45, 2.75) is 6.04 Å². The van der Waals surface area contributed by atoms with Crippen molar-refractivity contribution in [1.82, 2.24) is 4.98 Å². The van der Waals surface area contributed by atoms with Crippen molar-refractivity contribution in [2.24, 2.45) is 5.92 Å². The molecule has 2 unspecified atom stereocenters. The summed E-state index contributed by atoms with van der Waals surface area (Å²) in [6.07, 6.45) is 1.18. The molecule has 104 valence electrons. The van der Waals surface area contributed by atoms with E-state index in [0.29, 0.717) is 0 Å². The van der Waals surface area contributed by atoms with E-state index < -0.39 is 22.9 Å². The second kappa shape index (κ2) is 5.50. The van der Waals surface area contributed by atoms with Crippen molar-refractivity contribution in [3.05, 3.63) is 27.9 Å². The first kappa shape index (κ1) is 13.7. The van der Waals surface area contributed by atoms with Crippen LogP contribution < -0.4 is 5.32 Å². The van der Waals surface area contributed by atoms with Crippen LogP contribution in [0.25, 0.3) is 0 Å². The number of anilines is 1. The molecule has 2 heterocycles. The Bertz CT molecular complexity index is 597. The molecule has 0 aromatic carbocycles. The Balaban J connectivity index is 2.27. The van der Waals surface area contributed by atoms with Crippen LogP contribution in [0, 0.1) is 27.4 Å².